The molecule has 0 amide bonds. The molecule has 0 aliphatic rings. The van der Waals surface area contributed by atoms with Crippen molar-refractivity contribution >= 4 is 12.3 Å². The van der Waals surface area contributed by atoms with Crippen molar-refractivity contribution in [2.45, 2.75) is 175 Å². The molecule has 0 aliphatic heterocycles. The van der Waals surface area contributed by atoms with Gasteiger partial charge < -0.3 is 4.74 Å². The molecule has 218 valence electrons. The minimum atomic E-state index is -0.188. The molecular weight excluding hydrogens is 456 g/mol. The molecule has 0 fully saturated rings. The van der Waals surface area contributed by atoms with E-state index in [4.69, 9.17) is 4.74 Å². The van der Waals surface area contributed by atoms with E-state index in [0.29, 0.717) is 6.61 Å². The summed E-state index contributed by atoms with van der Waals surface area (Å²) in [5.41, 5.74) is 0. The fourth-order valence-electron chi connectivity index (χ4n) is 4.33. The van der Waals surface area contributed by atoms with E-state index in [2.05, 4.69) is 26.0 Å². The lowest BCUT2D eigenvalue weighted by atomic mass is 10.0. The third-order valence-electron chi connectivity index (χ3n) is 6.67. The molecule has 37 heavy (non-hydrogen) atoms. The van der Waals surface area contributed by atoms with Crippen molar-refractivity contribution in [1.82, 2.24) is 0 Å². The zero-order chi connectivity index (χ0) is 27.5. The zero-order valence-electron chi connectivity index (χ0n) is 25.3. The van der Waals surface area contributed by atoms with Gasteiger partial charge in [0.15, 0.2) is 0 Å². The number of ether oxygens (including phenoxy) is 1. The second-order valence-electron chi connectivity index (χ2n) is 10.5. The summed E-state index contributed by atoms with van der Waals surface area (Å²) in [7, 11) is 0. The third kappa shape index (κ3) is 42.0. The van der Waals surface area contributed by atoms with E-state index in [1.54, 1.807) is 6.08 Å². The van der Waals surface area contributed by atoms with Crippen LogP contribution in [0.4, 0.5) is 0 Å². The second-order valence-corrected chi connectivity index (χ2v) is 10.5. The van der Waals surface area contributed by atoms with Gasteiger partial charge in [-0.15, -0.1) is 0 Å². The average molecular weight is 521 g/mol. The van der Waals surface area contributed by atoms with Crippen LogP contribution in [0.15, 0.2) is 24.3 Å². The quantitative estimate of drug-likeness (QED) is 0.0355. The lowest BCUT2D eigenvalue weighted by Crippen LogP contribution is -1.98. The van der Waals surface area contributed by atoms with Crippen LogP contribution in [0, 0.1) is 0 Å². The molecule has 0 heterocycles. The number of hydrogen-bond donors (Lipinski definition) is 0. The molecule has 0 spiro atoms. The highest BCUT2D eigenvalue weighted by molar-refractivity contribution is 5.65. The number of esters is 1. The van der Waals surface area contributed by atoms with Gasteiger partial charge in [0, 0.05) is 6.92 Å². The van der Waals surface area contributed by atoms with Crippen molar-refractivity contribution in [3.05, 3.63) is 24.3 Å². The molecule has 0 saturated heterocycles. The molecule has 0 saturated carbocycles. The lowest BCUT2D eigenvalue weighted by molar-refractivity contribution is -0.140. The normalized spacial score (nSPS) is 11.1. The molecule has 3 nitrogen and oxygen atoms in total. The van der Waals surface area contributed by atoms with Crippen LogP contribution >= 0.6 is 0 Å². The van der Waals surface area contributed by atoms with E-state index in [9.17, 15) is 9.59 Å². The number of aldehydes is 1. The van der Waals surface area contributed by atoms with Crippen LogP contribution < -0.4 is 0 Å². The van der Waals surface area contributed by atoms with Gasteiger partial charge in [-0.25, -0.2) is 0 Å². The molecule has 3 heteroatoms. The predicted octanol–water partition coefficient (Wildman–Crippen LogP) is 11.2. The summed E-state index contributed by atoms with van der Waals surface area (Å²) in [4.78, 5) is 20.6. The second kappa shape index (κ2) is 36.8. The Kier molecular flexibility index (Phi) is 37.5. The molecule has 0 aliphatic carbocycles. The van der Waals surface area contributed by atoms with Gasteiger partial charge in [-0.1, -0.05) is 154 Å². The van der Waals surface area contributed by atoms with Crippen LogP contribution in [0.25, 0.3) is 0 Å². The Morgan fingerprint density at radius 2 is 0.865 bits per heavy atom. The maximum absolute atomic E-state index is 10.5. The van der Waals surface area contributed by atoms with Crippen molar-refractivity contribution in [2.24, 2.45) is 0 Å². The Bertz CT molecular complexity index is 495. The standard InChI is InChI=1S/C18H34O.C16H30O2/c1-2-3-4-5-6-7-8-9-10-11-12-13-14-15-16-17-18-19;1-3-4-5-6-7-8-9-10-11-12-13-14-15-18-16(2)17/h16-18H,2-15H2,1H3;12-13H,3-11,14-15H2,1-2H3/b17-16+;13-12-. The maximum atomic E-state index is 10.5. The number of unbranched alkanes of at least 4 members (excludes halogenated alkanes) is 21. The van der Waals surface area contributed by atoms with Gasteiger partial charge >= 0.3 is 5.97 Å². The number of allylic oxidation sites excluding steroid dienone is 3. The summed E-state index contributed by atoms with van der Waals surface area (Å²) < 4.78 is 4.84. The summed E-state index contributed by atoms with van der Waals surface area (Å²) in [5.74, 6) is -0.188. The van der Waals surface area contributed by atoms with Crippen molar-refractivity contribution in [1.29, 1.82) is 0 Å². The fourth-order valence-corrected chi connectivity index (χ4v) is 4.33. The van der Waals surface area contributed by atoms with Crippen LogP contribution in [0.2, 0.25) is 0 Å². The van der Waals surface area contributed by atoms with Crippen LogP contribution in [0.5, 0.6) is 0 Å². The Balaban J connectivity index is 0. The molecule has 0 unspecified atom stereocenters. The number of hydrogen-bond acceptors (Lipinski definition) is 3. The monoisotopic (exact) mass is 520 g/mol. The van der Waals surface area contributed by atoms with E-state index >= 15 is 0 Å². The number of rotatable bonds is 27. The van der Waals surface area contributed by atoms with Gasteiger partial charge in [-0.2, -0.15) is 0 Å². The van der Waals surface area contributed by atoms with Gasteiger partial charge in [-0.05, 0) is 38.2 Å². The maximum Gasteiger partial charge on any atom is 0.302 e. The highest BCUT2D eigenvalue weighted by Gasteiger charge is 1.94. The first-order valence-electron chi connectivity index (χ1n) is 16.1. The summed E-state index contributed by atoms with van der Waals surface area (Å²) in [6, 6.07) is 0. The van der Waals surface area contributed by atoms with E-state index in [1.807, 2.05) is 6.08 Å². The van der Waals surface area contributed by atoms with Crippen molar-refractivity contribution in [3.8, 4) is 0 Å². The summed E-state index contributed by atoms with van der Waals surface area (Å²) in [6.07, 6.45) is 41.0. The topological polar surface area (TPSA) is 43.4 Å². The number of carbonyl (C=O) groups is 2. The summed E-state index contributed by atoms with van der Waals surface area (Å²) >= 11 is 0. The first-order valence-corrected chi connectivity index (χ1v) is 16.1. The molecule has 0 aromatic rings. The van der Waals surface area contributed by atoms with Crippen LogP contribution in [-0.2, 0) is 14.3 Å². The van der Waals surface area contributed by atoms with Gasteiger partial charge in [0.1, 0.15) is 6.29 Å². The Morgan fingerprint density at radius 3 is 1.24 bits per heavy atom. The van der Waals surface area contributed by atoms with Gasteiger partial charge in [0.05, 0.1) is 6.61 Å². The van der Waals surface area contributed by atoms with Gasteiger partial charge in [-0.3, -0.25) is 9.59 Å². The lowest BCUT2D eigenvalue weighted by Gasteiger charge is -2.02. The number of carbonyl (C=O) groups excluding carboxylic acids is 2. The molecule has 0 rings (SSSR count). The van der Waals surface area contributed by atoms with Gasteiger partial charge in [0.2, 0.25) is 0 Å². The van der Waals surface area contributed by atoms with Crippen molar-refractivity contribution in [2.75, 3.05) is 6.61 Å². The van der Waals surface area contributed by atoms with Crippen molar-refractivity contribution < 1.29 is 14.3 Å². The smallest absolute Gasteiger partial charge is 0.302 e. The summed E-state index contributed by atoms with van der Waals surface area (Å²) in [5, 5.41) is 0. The molecular formula is C34H64O3. The highest BCUT2D eigenvalue weighted by atomic mass is 16.5. The van der Waals surface area contributed by atoms with E-state index in [-0.39, 0.29) is 5.97 Å². The molecule has 0 aromatic carbocycles. The van der Waals surface area contributed by atoms with E-state index in [0.717, 1.165) is 25.5 Å². The fraction of sp³-hybridized carbons (Fsp3) is 0.824. The molecule has 0 radical (unpaired) electrons. The molecule has 0 N–H and O–H groups in total. The first kappa shape index (κ1) is 37.8. The third-order valence-corrected chi connectivity index (χ3v) is 6.67. The Morgan fingerprint density at radius 1 is 0.514 bits per heavy atom. The molecule has 0 atom stereocenters. The average Bonchev–Trinajstić information content (AvgIpc) is 2.89. The van der Waals surface area contributed by atoms with Crippen LogP contribution in [0.3, 0.4) is 0 Å². The Labute approximate surface area is 232 Å². The minimum Gasteiger partial charge on any atom is -0.466 e. The zero-order valence-corrected chi connectivity index (χ0v) is 25.3. The SMILES string of the molecule is CCCCCCCCCC/C=C\CCOC(C)=O.CCCCCCCCCCCCCCC/C=C/C=O. The first-order chi connectivity index (χ1) is 18.2. The van der Waals surface area contributed by atoms with E-state index < -0.39 is 0 Å². The Hall–Kier alpha value is -1.38. The van der Waals surface area contributed by atoms with Crippen molar-refractivity contribution in [3.63, 3.8) is 0 Å². The predicted molar refractivity (Wildman–Crippen MR) is 163 cm³/mol. The van der Waals surface area contributed by atoms with Crippen LogP contribution in [-0.4, -0.2) is 18.9 Å². The highest BCUT2D eigenvalue weighted by Crippen LogP contribution is 2.13. The summed E-state index contributed by atoms with van der Waals surface area (Å²) in [6.45, 7) is 6.50. The molecule has 0 bridgehead atoms. The largest absolute Gasteiger partial charge is 0.466 e. The minimum absolute atomic E-state index is 0.188. The van der Waals surface area contributed by atoms with Gasteiger partial charge in [0.25, 0.3) is 0 Å². The van der Waals surface area contributed by atoms with Crippen LogP contribution in [0.1, 0.15) is 175 Å². The molecule has 0 aromatic heterocycles. The van der Waals surface area contributed by atoms with E-state index in [1.165, 1.54) is 142 Å².